The zero-order valence-electron chi connectivity index (χ0n) is 18.7. The van der Waals surface area contributed by atoms with Crippen LogP contribution in [0.3, 0.4) is 0 Å². The fourth-order valence-electron chi connectivity index (χ4n) is 4.86. The lowest BCUT2D eigenvalue weighted by molar-refractivity contribution is 0.0990. The van der Waals surface area contributed by atoms with Crippen LogP contribution in [0.25, 0.3) is 16.6 Å². The van der Waals surface area contributed by atoms with E-state index in [1.807, 2.05) is 42.6 Å². The number of rotatable bonds is 4. The van der Waals surface area contributed by atoms with Crippen molar-refractivity contribution in [1.29, 1.82) is 0 Å². The molecule has 34 heavy (non-hydrogen) atoms. The highest BCUT2D eigenvalue weighted by Gasteiger charge is 2.29. The summed E-state index contributed by atoms with van der Waals surface area (Å²) in [5.74, 6) is 0.974. The number of ether oxygens (including phenoxy) is 2. The summed E-state index contributed by atoms with van der Waals surface area (Å²) in [4.78, 5) is 23.0. The van der Waals surface area contributed by atoms with Crippen molar-refractivity contribution in [3.63, 3.8) is 0 Å². The topological polar surface area (TPSA) is 95.5 Å². The van der Waals surface area contributed by atoms with Gasteiger partial charge in [-0.2, -0.15) is 0 Å². The lowest BCUT2D eigenvalue weighted by atomic mass is 10.2. The van der Waals surface area contributed by atoms with Crippen molar-refractivity contribution < 1.29 is 14.3 Å². The SMILES string of the molecule is Nc1ncnc2c1C(=O)N(c1ccc3c(ccn3-c3ccccc3OC3CCCC3)c1)CCO2. The number of nitrogen functional groups attached to an aromatic ring is 1. The van der Waals surface area contributed by atoms with Crippen molar-refractivity contribution in [3.8, 4) is 17.3 Å². The number of hydrogen-bond donors (Lipinski definition) is 1. The fraction of sp³-hybridized carbons (Fsp3) is 0.269. The van der Waals surface area contributed by atoms with E-state index >= 15 is 0 Å². The number of anilines is 2. The third-order valence-electron chi connectivity index (χ3n) is 6.56. The third kappa shape index (κ3) is 3.51. The Bertz CT molecular complexity index is 1380. The van der Waals surface area contributed by atoms with Gasteiger partial charge in [0.15, 0.2) is 0 Å². The van der Waals surface area contributed by atoms with Gasteiger partial charge in [0, 0.05) is 17.3 Å². The first kappa shape index (κ1) is 20.5. The first-order valence-electron chi connectivity index (χ1n) is 11.6. The van der Waals surface area contributed by atoms with E-state index in [2.05, 4.69) is 26.7 Å². The molecular formula is C26H25N5O3. The van der Waals surface area contributed by atoms with E-state index in [1.54, 1.807) is 4.90 Å². The summed E-state index contributed by atoms with van der Waals surface area (Å²) < 4.78 is 14.2. The van der Waals surface area contributed by atoms with Crippen molar-refractivity contribution in [1.82, 2.24) is 14.5 Å². The van der Waals surface area contributed by atoms with Crippen molar-refractivity contribution in [2.24, 2.45) is 0 Å². The number of carbonyl (C=O) groups is 1. The molecule has 3 heterocycles. The molecule has 2 aromatic carbocycles. The van der Waals surface area contributed by atoms with Crippen LogP contribution in [0.15, 0.2) is 61.1 Å². The van der Waals surface area contributed by atoms with Gasteiger partial charge < -0.3 is 24.7 Å². The van der Waals surface area contributed by atoms with E-state index in [0.29, 0.717) is 13.2 Å². The molecule has 0 saturated heterocycles. The standard InChI is InChI=1S/C26H25N5O3/c27-24-23-25(29-16-28-24)33-14-13-30(26(23)32)18-9-10-20-17(15-18)11-12-31(20)21-7-3-4-8-22(21)34-19-5-1-2-6-19/h3-4,7-12,15-16,19H,1-2,5-6,13-14H2,(H2,27,28,29). The van der Waals surface area contributed by atoms with Crippen LogP contribution < -0.4 is 20.1 Å². The second-order valence-corrected chi connectivity index (χ2v) is 8.67. The van der Waals surface area contributed by atoms with Crippen molar-refractivity contribution in [3.05, 3.63) is 66.6 Å². The summed E-state index contributed by atoms with van der Waals surface area (Å²) in [5, 5.41) is 1.02. The maximum Gasteiger partial charge on any atom is 0.267 e. The zero-order chi connectivity index (χ0) is 23.1. The van der Waals surface area contributed by atoms with Crippen LogP contribution in [0.2, 0.25) is 0 Å². The summed E-state index contributed by atoms with van der Waals surface area (Å²) in [6.45, 7) is 0.707. The first-order chi connectivity index (χ1) is 16.7. The van der Waals surface area contributed by atoms with Crippen LogP contribution in [-0.4, -0.2) is 39.7 Å². The second kappa shape index (κ2) is 8.37. The number of fused-ring (bicyclic) bond motifs is 2. The Hall–Kier alpha value is -4.07. The monoisotopic (exact) mass is 455 g/mol. The Morgan fingerprint density at radius 3 is 2.79 bits per heavy atom. The van der Waals surface area contributed by atoms with Gasteiger partial charge in [0.2, 0.25) is 5.88 Å². The average molecular weight is 456 g/mol. The van der Waals surface area contributed by atoms with Gasteiger partial charge in [-0.05, 0) is 62.1 Å². The van der Waals surface area contributed by atoms with Crippen molar-refractivity contribution in [2.75, 3.05) is 23.8 Å². The van der Waals surface area contributed by atoms with Gasteiger partial charge in [-0.15, -0.1) is 0 Å². The molecule has 2 N–H and O–H groups in total. The van der Waals surface area contributed by atoms with Gasteiger partial charge in [0.05, 0.1) is 23.9 Å². The molecule has 1 aliphatic carbocycles. The van der Waals surface area contributed by atoms with E-state index < -0.39 is 0 Å². The maximum absolute atomic E-state index is 13.3. The van der Waals surface area contributed by atoms with E-state index in [9.17, 15) is 4.79 Å². The normalized spacial score (nSPS) is 16.4. The quantitative estimate of drug-likeness (QED) is 0.491. The van der Waals surface area contributed by atoms with Gasteiger partial charge in [0.1, 0.15) is 30.1 Å². The number of nitrogens with zero attached hydrogens (tertiary/aromatic N) is 4. The molecule has 0 bridgehead atoms. The Morgan fingerprint density at radius 2 is 1.91 bits per heavy atom. The molecule has 8 nitrogen and oxygen atoms in total. The van der Waals surface area contributed by atoms with Gasteiger partial charge in [-0.1, -0.05) is 12.1 Å². The Labute approximate surface area is 196 Å². The summed E-state index contributed by atoms with van der Waals surface area (Å²) >= 11 is 0. The van der Waals surface area contributed by atoms with Crippen LogP contribution in [-0.2, 0) is 0 Å². The molecule has 0 atom stereocenters. The molecule has 2 aromatic heterocycles. The molecule has 6 rings (SSSR count). The van der Waals surface area contributed by atoms with Gasteiger partial charge in [0.25, 0.3) is 5.91 Å². The predicted octanol–water partition coefficient (Wildman–Crippen LogP) is 4.36. The lowest BCUT2D eigenvalue weighted by Crippen LogP contribution is -2.32. The third-order valence-corrected chi connectivity index (χ3v) is 6.56. The Kier molecular flexibility index (Phi) is 5.05. The number of para-hydroxylation sites is 2. The van der Waals surface area contributed by atoms with Gasteiger partial charge >= 0.3 is 0 Å². The second-order valence-electron chi connectivity index (χ2n) is 8.67. The van der Waals surface area contributed by atoms with E-state index in [0.717, 1.165) is 40.9 Å². The number of nitrogens with two attached hydrogens (primary N) is 1. The van der Waals surface area contributed by atoms with Crippen LogP contribution in [0.5, 0.6) is 11.6 Å². The van der Waals surface area contributed by atoms with E-state index in [-0.39, 0.29) is 29.3 Å². The van der Waals surface area contributed by atoms with Crippen LogP contribution >= 0.6 is 0 Å². The molecule has 2 aliphatic rings. The van der Waals surface area contributed by atoms with Crippen LogP contribution in [0, 0.1) is 0 Å². The molecule has 1 amide bonds. The molecular weight excluding hydrogens is 430 g/mol. The number of carbonyl (C=O) groups excluding carboxylic acids is 1. The Balaban J connectivity index is 1.35. The highest BCUT2D eigenvalue weighted by Crippen LogP contribution is 2.33. The maximum atomic E-state index is 13.3. The zero-order valence-corrected chi connectivity index (χ0v) is 18.7. The summed E-state index contributed by atoms with van der Waals surface area (Å²) in [6.07, 6.45) is 8.30. The summed E-state index contributed by atoms with van der Waals surface area (Å²) in [6, 6.07) is 16.2. The number of benzene rings is 2. The van der Waals surface area contributed by atoms with Crippen LogP contribution in [0.1, 0.15) is 36.0 Å². The van der Waals surface area contributed by atoms with Crippen molar-refractivity contribution in [2.45, 2.75) is 31.8 Å². The number of hydrogen-bond acceptors (Lipinski definition) is 6. The minimum atomic E-state index is -0.264. The smallest absolute Gasteiger partial charge is 0.267 e. The lowest BCUT2D eigenvalue weighted by Gasteiger charge is -2.21. The molecule has 1 fully saturated rings. The minimum absolute atomic E-state index is 0.119. The highest BCUT2D eigenvalue weighted by atomic mass is 16.5. The average Bonchev–Trinajstić information content (AvgIpc) is 3.48. The molecule has 0 spiro atoms. The highest BCUT2D eigenvalue weighted by molar-refractivity contribution is 6.11. The molecule has 0 unspecified atom stereocenters. The largest absolute Gasteiger partial charge is 0.488 e. The number of amides is 1. The minimum Gasteiger partial charge on any atom is -0.488 e. The van der Waals surface area contributed by atoms with Gasteiger partial charge in [-0.3, -0.25) is 4.79 Å². The Morgan fingerprint density at radius 1 is 1.06 bits per heavy atom. The van der Waals surface area contributed by atoms with Crippen LogP contribution in [0.4, 0.5) is 11.5 Å². The molecule has 0 radical (unpaired) electrons. The predicted molar refractivity (Wildman–Crippen MR) is 130 cm³/mol. The van der Waals surface area contributed by atoms with Crippen molar-refractivity contribution >= 4 is 28.3 Å². The molecule has 8 heteroatoms. The first-order valence-corrected chi connectivity index (χ1v) is 11.6. The fourth-order valence-corrected chi connectivity index (χ4v) is 4.86. The van der Waals surface area contributed by atoms with E-state index in [1.165, 1.54) is 19.2 Å². The molecule has 172 valence electrons. The van der Waals surface area contributed by atoms with E-state index in [4.69, 9.17) is 15.2 Å². The van der Waals surface area contributed by atoms with Gasteiger partial charge in [-0.25, -0.2) is 9.97 Å². The summed E-state index contributed by atoms with van der Waals surface area (Å²) in [5.41, 5.74) is 9.00. The molecule has 1 aliphatic heterocycles. The molecule has 1 saturated carbocycles. The molecule has 4 aromatic rings. The number of aromatic nitrogens is 3. The summed E-state index contributed by atoms with van der Waals surface area (Å²) in [7, 11) is 0.